The fraction of sp³-hybridized carbons (Fsp3) is 0.636. The van der Waals surface area contributed by atoms with Gasteiger partial charge in [0.25, 0.3) is 0 Å². The molecule has 0 heterocycles. The molecule has 0 aromatic carbocycles. The molecule has 0 aliphatic rings. The second kappa shape index (κ2) is 7.59. The highest BCUT2D eigenvalue weighted by Gasteiger charge is 1.86. The molecule has 0 spiro atoms. The molecule has 0 nitrogen and oxygen atoms in total. The molecule has 64 valence electrons. The molecule has 0 radical (unpaired) electrons. The van der Waals surface area contributed by atoms with Gasteiger partial charge in [0, 0.05) is 0 Å². The standard InChI is InChI=1S/C11H20/c1-4-6-8-10-11(3)9-7-5-2/h7-11H,4-6H2,1-3H3. The van der Waals surface area contributed by atoms with Crippen LogP contribution in [0.15, 0.2) is 24.3 Å². The summed E-state index contributed by atoms with van der Waals surface area (Å²) in [5.74, 6) is 0.612. The summed E-state index contributed by atoms with van der Waals surface area (Å²) in [6, 6.07) is 0. The van der Waals surface area contributed by atoms with Crippen molar-refractivity contribution in [3.05, 3.63) is 24.3 Å². The minimum Gasteiger partial charge on any atom is -0.0882 e. The Balaban J connectivity index is 3.50. The van der Waals surface area contributed by atoms with Gasteiger partial charge >= 0.3 is 0 Å². The van der Waals surface area contributed by atoms with E-state index < -0.39 is 0 Å². The highest BCUT2D eigenvalue weighted by atomic mass is 13.9. The van der Waals surface area contributed by atoms with E-state index in [1.807, 2.05) is 0 Å². The predicted octanol–water partition coefficient (Wildman–Crippen LogP) is 3.95. The lowest BCUT2D eigenvalue weighted by Gasteiger charge is -1.95. The zero-order valence-corrected chi connectivity index (χ0v) is 8.01. The molecule has 0 aromatic heterocycles. The minimum atomic E-state index is 0.612. The molecule has 0 rings (SSSR count). The molecule has 0 saturated carbocycles. The lowest BCUT2D eigenvalue weighted by molar-refractivity contribution is 0.897. The van der Waals surface area contributed by atoms with E-state index in [9.17, 15) is 0 Å². The normalized spacial score (nSPS) is 14.8. The van der Waals surface area contributed by atoms with Gasteiger partial charge in [0.1, 0.15) is 0 Å². The van der Waals surface area contributed by atoms with Crippen molar-refractivity contribution in [2.75, 3.05) is 0 Å². The van der Waals surface area contributed by atoms with Crippen LogP contribution in [-0.4, -0.2) is 0 Å². The van der Waals surface area contributed by atoms with Crippen LogP contribution in [0.1, 0.15) is 40.0 Å². The first-order chi connectivity index (χ1) is 5.31. The minimum absolute atomic E-state index is 0.612. The van der Waals surface area contributed by atoms with E-state index in [2.05, 4.69) is 45.1 Å². The zero-order chi connectivity index (χ0) is 8.53. The van der Waals surface area contributed by atoms with Crippen LogP contribution in [0.3, 0.4) is 0 Å². The number of unbranched alkanes of at least 4 members (excludes halogenated alkanes) is 1. The van der Waals surface area contributed by atoms with Crippen LogP contribution in [0, 0.1) is 5.92 Å². The third-order valence-electron chi connectivity index (χ3n) is 1.57. The molecule has 0 aliphatic carbocycles. The van der Waals surface area contributed by atoms with E-state index in [1.54, 1.807) is 0 Å². The van der Waals surface area contributed by atoms with Crippen molar-refractivity contribution < 1.29 is 0 Å². The van der Waals surface area contributed by atoms with Crippen molar-refractivity contribution in [2.45, 2.75) is 40.0 Å². The summed E-state index contributed by atoms with van der Waals surface area (Å²) in [7, 11) is 0. The summed E-state index contributed by atoms with van der Waals surface area (Å²) < 4.78 is 0. The van der Waals surface area contributed by atoms with Crippen molar-refractivity contribution in [1.29, 1.82) is 0 Å². The Hall–Kier alpha value is -0.520. The molecule has 0 N–H and O–H groups in total. The predicted molar refractivity (Wildman–Crippen MR) is 52.6 cm³/mol. The summed E-state index contributed by atoms with van der Waals surface area (Å²) in [5.41, 5.74) is 0. The van der Waals surface area contributed by atoms with Crippen molar-refractivity contribution in [3.63, 3.8) is 0 Å². The highest BCUT2D eigenvalue weighted by molar-refractivity contribution is 4.98. The fourth-order valence-corrected chi connectivity index (χ4v) is 0.892. The van der Waals surface area contributed by atoms with Gasteiger partial charge in [-0.1, -0.05) is 51.5 Å². The highest BCUT2D eigenvalue weighted by Crippen LogP contribution is 2.01. The van der Waals surface area contributed by atoms with Crippen LogP contribution in [0.5, 0.6) is 0 Å². The van der Waals surface area contributed by atoms with Crippen molar-refractivity contribution in [2.24, 2.45) is 5.92 Å². The van der Waals surface area contributed by atoms with Gasteiger partial charge in [0.2, 0.25) is 0 Å². The second-order valence-corrected chi connectivity index (χ2v) is 2.91. The van der Waals surface area contributed by atoms with Crippen LogP contribution < -0.4 is 0 Å². The molecule has 0 amide bonds. The maximum absolute atomic E-state index is 2.27. The monoisotopic (exact) mass is 152 g/mol. The largest absolute Gasteiger partial charge is 0.0882 e. The molecule has 1 unspecified atom stereocenters. The lowest BCUT2D eigenvalue weighted by Crippen LogP contribution is -1.80. The molecule has 0 aliphatic heterocycles. The van der Waals surface area contributed by atoms with E-state index in [1.165, 1.54) is 12.8 Å². The van der Waals surface area contributed by atoms with E-state index in [0.717, 1.165) is 6.42 Å². The van der Waals surface area contributed by atoms with E-state index in [4.69, 9.17) is 0 Å². The average molecular weight is 152 g/mol. The summed E-state index contributed by atoms with van der Waals surface area (Å²) in [5, 5.41) is 0. The summed E-state index contributed by atoms with van der Waals surface area (Å²) >= 11 is 0. The number of rotatable bonds is 5. The fourth-order valence-electron chi connectivity index (χ4n) is 0.892. The summed E-state index contributed by atoms with van der Waals surface area (Å²) in [4.78, 5) is 0. The van der Waals surface area contributed by atoms with Gasteiger partial charge in [-0.2, -0.15) is 0 Å². The molecule has 0 bridgehead atoms. The Morgan fingerprint density at radius 2 is 1.73 bits per heavy atom. The topological polar surface area (TPSA) is 0 Å². The number of hydrogen-bond acceptors (Lipinski definition) is 0. The Bertz CT molecular complexity index is 120. The molecule has 0 fully saturated rings. The van der Waals surface area contributed by atoms with Gasteiger partial charge in [0.15, 0.2) is 0 Å². The van der Waals surface area contributed by atoms with Crippen LogP contribution in [0.2, 0.25) is 0 Å². The lowest BCUT2D eigenvalue weighted by atomic mass is 10.1. The van der Waals surface area contributed by atoms with E-state index in [0.29, 0.717) is 5.92 Å². The van der Waals surface area contributed by atoms with Gasteiger partial charge in [-0.15, -0.1) is 0 Å². The van der Waals surface area contributed by atoms with Crippen LogP contribution in [0.25, 0.3) is 0 Å². The Morgan fingerprint density at radius 3 is 2.27 bits per heavy atom. The van der Waals surface area contributed by atoms with Crippen LogP contribution >= 0.6 is 0 Å². The van der Waals surface area contributed by atoms with Gasteiger partial charge in [-0.3, -0.25) is 0 Å². The van der Waals surface area contributed by atoms with Gasteiger partial charge in [0.05, 0.1) is 0 Å². The van der Waals surface area contributed by atoms with Gasteiger partial charge < -0.3 is 0 Å². The molecule has 0 saturated heterocycles. The molecule has 0 aromatic rings. The first kappa shape index (κ1) is 10.5. The van der Waals surface area contributed by atoms with E-state index in [-0.39, 0.29) is 0 Å². The Morgan fingerprint density at radius 1 is 1.09 bits per heavy atom. The van der Waals surface area contributed by atoms with Crippen LogP contribution in [0.4, 0.5) is 0 Å². The van der Waals surface area contributed by atoms with Crippen LogP contribution in [-0.2, 0) is 0 Å². The Labute approximate surface area is 71.0 Å². The first-order valence-corrected chi connectivity index (χ1v) is 4.64. The van der Waals surface area contributed by atoms with Crippen molar-refractivity contribution >= 4 is 0 Å². The quantitative estimate of drug-likeness (QED) is 0.523. The summed E-state index contributed by atoms with van der Waals surface area (Å²) in [6.07, 6.45) is 12.6. The Kier molecular flexibility index (Phi) is 7.23. The molecule has 11 heavy (non-hydrogen) atoms. The summed E-state index contributed by atoms with van der Waals surface area (Å²) in [6.45, 7) is 6.59. The third-order valence-corrected chi connectivity index (χ3v) is 1.57. The molecular weight excluding hydrogens is 132 g/mol. The van der Waals surface area contributed by atoms with Gasteiger partial charge in [-0.05, 0) is 18.8 Å². The molecule has 1 atom stereocenters. The maximum Gasteiger partial charge on any atom is -0.00819 e. The average Bonchev–Trinajstić information content (AvgIpc) is 2.01. The third kappa shape index (κ3) is 7.38. The second-order valence-electron chi connectivity index (χ2n) is 2.91. The SMILES string of the molecule is CCC=CC(C)C=CCCC. The first-order valence-electron chi connectivity index (χ1n) is 4.64. The number of allylic oxidation sites excluding steroid dienone is 4. The van der Waals surface area contributed by atoms with Gasteiger partial charge in [-0.25, -0.2) is 0 Å². The molecule has 0 heteroatoms. The zero-order valence-electron chi connectivity index (χ0n) is 8.01. The number of hydrogen-bond donors (Lipinski definition) is 0. The van der Waals surface area contributed by atoms with Crippen molar-refractivity contribution in [1.82, 2.24) is 0 Å². The smallest absolute Gasteiger partial charge is 0.00819 e. The van der Waals surface area contributed by atoms with Crippen molar-refractivity contribution in [3.8, 4) is 0 Å². The maximum atomic E-state index is 2.27. The van der Waals surface area contributed by atoms with E-state index >= 15 is 0 Å². The molecular formula is C11H20.